The van der Waals surface area contributed by atoms with Gasteiger partial charge in [-0.05, 0) is 36.5 Å². The van der Waals surface area contributed by atoms with E-state index in [-0.39, 0.29) is 0 Å². The molecule has 1 aliphatic rings. The molecule has 0 radical (unpaired) electrons. The summed E-state index contributed by atoms with van der Waals surface area (Å²) in [6, 6.07) is 19.4. The maximum Gasteiger partial charge on any atom is 0.136 e. The van der Waals surface area contributed by atoms with Crippen LogP contribution in [0.25, 0.3) is 10.8 Å². The summed E-state index contributed by atoms with van der Waals surface area (Å²) in [4.78, 5) is 9.54. The molecular formula is C23H27N3. The first-order chi connectivity index (χ1) is 12.7. The Morgan fingerprint density at radius 2 is 1.73 bits per heavy atom. The molecule has 3 heteroatoms. The highest BCUT2D eigenvalue weighted by Gasteiger charge is 2.19. The van der Waals surface area contributed by atoms with Crippen LogP contribution in [-0.4, -0.2) is 25.1 Å². The minimum Gasteiger partial charge on any atom is -0.370 e. The summed E-state index contributed by atoms with van der Waals surface area (Å²) < 4.78 is 0. The highest BCUT2D eigenvalue weighted by molar-refractivity contribution is 6.00. The highest BCUT2D eigenvalue weighted by atomic mass is 15.2. The fourth-order valence-corrected chi connectivity index (χ4v) is 3.92. The number of piperidine rings is 1. The summed E-state index contributed by atoms with van der Waals surface area (Å²) >= 11 is 0. The van der Waals surface area contributed by atoms with Gasteiger partial charge in [-0.1, -0.05) is 49.4 Å². The Kier molecular flexibility index (Phi) is 4.79. The molecule has 0 atom stereocenters. The maximum absolute atomic E-state index is 4.75. The van der Waals surface area contributed by atoms with Crippen molar-refractivity contribution in [3.05, 3.63) is 66.4 Å². The summed E-state index contributed by atoms with van der Waals surface area (Å²) in [6.45, 7) is 5.47. The molecule has 4 rings (SSSR count). The Hall–Kier alpha value is -2.55. The van der Waals surface area contributed by atoms with Gasteiger partial charge >= 0.3 is 0 Å². The van der Waals surface area contributed by atoms with Gasteiger partial charge in [-0.25, -0.2) is 4.98 Å². The second kappa shape index (κ2) is 7.36. The minimum absolute atomic E-state index is 0.828. The average molecular weight is 345 g/mol. The van der Waals surface area contributed by atoms with Crippen LogP contribution in [0.4, 0.5) is 11.5 Å². The van der Waals surface area contributed by atoms with E-state index in [9.17, 15) is 0 Å². The van der Waals surface area contributed by atoms with E-state index in [0.29, 0.717) is 0 Å². The molecule has 1 aliphatic heterocycles. The monoisotopic (exact) mass is 345 g/mol. The van der Waals surface area contributed by atoms with Gasteiger partial charge in [0.1, 0.15) is 5.82 Å². The van der Waals surface area contributed by atoms with Crippen molar-refractivity contribution < 1.29 is 0 Å². The van der Waals surface area contributed by atoms with Gasteiger partial charge in [0.05, 0.1) is 0 Å². The third-order valence-corrected chi connectivity index (χ3v) is 5.52. The second-order valence-corrected chi connectivity index (χ2v) is 7.52. The quantitative estimate of drug-likeness (QED) is 0.655. The Bertz CT molecular complexity index is 867. The lowest BCUT2D eigenvalue weighted by molar-refractivity contribution is 0.437. The lowest BCUT2D eigenvalue weighted by atomic mass is 9.98. The van der Waals surface area contributed by atoms with Crippen LogP contribution < -0.4 is 9.80 Å². The van der Waals surface area contributed by atoms with Crippen molar-refractivity contribution in [2.75, 3.05) is 29.9 Å². The van der Waals surface area contributed by atoms with Crippen LogP contribution in [0.5, 0.6) is 0 Å². The van der Waals surface area contributed by atoms with Crippen molar-refractivity contribution in [3.8, 4) is 0 Å². The van der Waals surface area contributed by atoms with Crippen molar-refractivity contribution >= 4 is 22.3 Å². The molecule has 0 aliphatic carbocycles. The molecule has 1 aromatic heterocycles. The van der Waals surface area contributed by atoms with Crippen molar-refractivity contribution in [2.24, 2.45) is 5.92 Å². The van der Waals surface area contributed by atoms with Gasteiger partial charge in [0.2, 0.25) is 0 Å². The Morgan fingerprint density at radius 3 is 2.50 bits per heavy atom. The largest absolute Gasteiger partial charge is 0.370 e. The van der Waals surface area contributed by atoms with Gasteiger partial charge in [0.15, 0.2) is 0 Å². The number of rotatable bonds is 4. The molecule has 0 bridgehead atoms. The van der Waals surface area contributed by atoms with Crippen LogP contribution in [0.1, 0.15) is 25.3 Å². The van der Waals surface area contributed by atoms with E-state index in [2.05, 4.69) is 78.4 Å². The van der Waals surface area contributed by atoms with Crippen LogP contribution >= 0.6 is 0 Å². The minimum atomic E-state index is 0.828. The summed E-state index contributed by atoms with van der Waals surface area (Å²) in [7, 11) is 2.17. The van der Waals surface area contributed by atoms with Crippen LogP contribution in [0, 0.1) is 5.92 Å². The van der Waals surface area contributed by atoms with Crippen molar-refractivity contribution in [3.63, 3.8) is 0 Å². The normalized spacial score (nSPS) is 15.4. The van der Waals surface area contributed by atoms with Crippen LogP contribution in [0.3, 0.4) is 0 Å². The highest BCUT2D eigenvalue weighted by Crippen LogP contribution is 2.33. The van der Waals surface area contributed by atoms with E-state index < -0.39 is 0 Å². The van der Waals surface area contributed by atoms with E-state index in [1.54, 1.807) is 0 Å². The molecule has 3 aromatic rings. The van der Waals surface area contributed by atoms with Crippen molar-refractivity contribution in [2.45, 2.75) is 26.3 Å². The fourth-order valence-electron chi connectivity index (χ4n) is 3.92. The van der Waals surface area contributed by atoms with Crippen LogP contribution in [0.15, 0.2) is 60.8 Å². The van der Waals surface area contributed by atoms with Crippen molar-refractivity contribution in [1.82, 2.24) is 4.98 Å². The first kappa shape index (κ1) is 16.9. The van der Waals surface area contributed by atoms with Gasteiger partial charge < -0.3 is 9.80 Å². The lowest BCUT2D eigenvalue weighted by Crippen LogP contribution is -2.33. The number of pyridine rings is 1. The lowest BCUT2D eigenvalue weighted by Gasteiger charge is -2.32. The zero-order chi connectivity index (χ0) is 17.9. The predicted octanol–water partition coefficient (Wildman–Crippen LogP) is 5.11. The van der Waals surface area contributed by atoms with Gasteiger partial charge in [-0.3, -0.25) is 0 Å². The number of fused-ring (bicyclic) bond motifs is 1. The molecule has 0 saturated carbocycles. The maximum atomic E-state index is 4.75. The predicted molar refractivity (Wildman–Crippen MR) is 111 cm³/mol. The average Bonchev–Trinajstić information content (AvgIpc) is 2.68. The number of hydrogen-bond donors (Lipinski definition) is 0. The zero-order valence-electron chi connectivity index (χ0n) is 15.7. The molecule has 0 N–H and O–H groups in total. The second-order valence-electron chi connectivity index (χ2n) is 7.52. The molecular weight excluding hydrogens is 318 g/mol. The molecule has 3 nitrogen and oxygen atoms in total. The number of benzene rings is 2. The van der Waals surface area contributed by atoms with E-state index in [0.717, 1.165) is 31.4 Å². The molecule has 0 spiro atoms. The molecule has 2 heterocycles. The van der Waals surface area contributed by atoms with E-state index in [1.165, 1.54) is 34.9 Å². The van der Waals surface area contributed by atoms with Gasteiger partial charge in [0.25, 0.3) is 0 Å². The summed E-state index contributed by atoms with van der Waals surface area (Å²) in [5, 5.41) is 2.55. The molecule has 1 fully saturated rings. The third-order valence-electron chi connectivity index (χ3n) is 5.52. The molecule has 2 aromatic carbocycles. The topological polar surface area (TPSA) is 19.4 Å². The first-order valence-corrected chi connectivity index (χ1v) is 9.60. The van der Waals surface area contributed by atoms with Crippen LogP contribution in [-0.2, 0) is 6.54 Å². The molecule has 0 amide bonds. The van der Waals surface area contributed by atoms with Gasteiger partial charge in [-0.15, -0.1) is 0 Å². The third kappa shape index (κ3) is 3.39. The number of anilines is 2. The van der Waals surface area contributed by atoms with E-state index in [1.807, 2.05) is 6.20 Å². The summed E-state index contributed by atoms with van der Waals surface area (Å²) in [6.07, 6.45) is 4.48. The first-order valence-electron chi connectivity index (χ1n) is 9.60. The Balaban J connectivity index is 1.67. The van der Waals surface area contributed by atoms with Crippen LogP contribution in [0.2, 0.25) is 0 Å². The fraction of sp³-hybridized carbons (Fsp3) is 0.348. The van der Waals surface area contributed by atoms with Gasteiger partial charge in [-0.2, -0.15) is 0 Å². The van der Waals surface area contributed by atoms with E-state index >= 15 is 0 Å². The number of aromatic nitrogens is 1. The summed E-state index contributed by atoms with van der Waals surface area (Å²) in [5.41, 5.74) is 2.59. The molecule has 1 saturated heterocycles. The molecule has 134 valence electrons. The Labute approximate surface area is 156 Å². The Morgan fingerprint density at radius 1 is 0.962 bits per heavy atom. The standard InChI is InChI=1S/C23H27N3/c1-18-12-15-26(16-13-18)23-21-9-6-10-22(20(21)11-14-24-23)25(2)17-19-7-4-3-5-8-19/h3-11,14,18H,12-13,15-17H2,1-2H3. The molecule has 0 unspecified atom stereocenters. The number of nitrogens with zero attached hydrogens (tertiary/aromatic N) is 3. The van der Waals surface area contributed by atoms with Gasteiger partial charge in [0, 0.05) is 49.3 Å². The summed E-state index contributed by atoms with van der Waals surface area (Å²) in [5.74, 6) is 1.97. The zero-order valence-corrected chi connectivity index (χ0v) is 15.7. The van der Waals surface area contributed by atoms with E-state index in [4.69, 9.17) is 4.98 Å². The van der Waals surface area contributed by atoms with Crippen molar-refractivity contribution in [1.29, 1.82) is 0 Å². The smallest absolute Gasteiger partial charge is 0.136 e. The molecule has 26 heavy (non-hydrogen) atoms. The number of hydrogen-bond acceptors (Lipinski definition) is 3. The SMILES string of the molecule is CC1CCN(c2nccc3c(N(C)Cc4ccccc4)cccc23)CC1.